The number of aromatic nitrogens is 3. The van der Waals surface area contributed by atoms with E-state index in [1.165, 1.54) is 29.8 Å². The molecular weight excluding hydrogens is 296 g/mol. The molecule has 0 amide bonds. The van der Waals surface area contributed by atoms with Crippen molar-refractivity contribution >= 4 is 11.3 Å². The monoisotopic (exact) mass is 320 g/mol. The highest BCUT2D eigenvalue weighted by molar-refractivity contribution is 7.10. The summed E-state index contributed by atoms with van der Waals surface area (Å²) in [5.74, 6) is 2.35. The minimum Gasteiger partial charge on any atom is -0.384 e. The molecule has 3 rings (SSSR count). The normalized spacial score (nSPS) is 19.6. The summed E-state index contributed by atoms with van der Waals surface area (Å²) in [4.78, 5) is 8.67. The molecule has 1 aliphatic rings. The molecule has 120 valence electrons. The summed E-state index contributed by atoms with van der Waals surface area (Å²) in [6.07, 6.45) is 3.20. The van der Waals surface area contributed by atoms with E-state index in [0.29, 0.717) is 12.5 Å². The molecule has 1 aliphatic heterocycles. The van der Waals surface area contributed by atoms with Crippen LogP contribution in [0.3, 0.4) is 0 Å². The van der Waals surface area contributed by atoms with E-state index in [1.54, 1.807) is 7.11 Å². The van der Waals surface area contributed by atoms with E-state index in [4.69, 9.17) is 4.74 Å². The highest BCUT2D eigenvalue weighted by Gasteiger charge is 2.25. The van der Waals surface area contributed by atoms with Crippen LogP contribution in [-0.2, 0) is 17.7 Å². The Bertz CT molecular complexity index is 594. The predicted octanol–water partition coefficient (Wildman–Crippen LogP) is 2.74. The first-order chi connectivity index (χ1) is 10.8. The fourth-order valence-corrected chi connectivity index (χ4v) is 3.93. The quantitative estimate of drug-likeness (QED) is 0.889. The van der Waals surface area contributed by atoms with Crippen LogP contribution >= 0.6 is 11.3 Å². The summed E-state index contributed by atoms with van der Waals surface area (Å²) in [6, 6.07) is 2.21. The summed E-state index contributed by atoms with van der Waals surface area (Å²) >= 11 is 1.86. The number of methoxy groups -OCH3 is 1. The van der Waals surface area contributed by atoms with Crippen molar-refractivity contribution < 1.29 is 4.74 Å². The van der Waals surface area contributed by atoms with Crippen molar-refractivity contribution in [1.82, 2.24) is 20.1 Å². The van der Waals surface area contributed by atoms with Gasteiger partial charge in [-0.3, -0.25) is 10.00 Å². The maximum Gasteiger partial charge on any atom is 0.155 e. The number of hydrogen-bond acceptors (Lipinski definition) is 5. The van der Waals surface area contributed by atoms with Crippen molar-refractivity contribution in [1.29, 1.82) is 0 Å². The first-order valence-corrected chi connectivity index (χ1v) is 8.79. The van der Waals surface area contributed by atoms with Gasteiger partial charge in [0, 0.05) is 37.4 Å². The Morgan fingerprint density at radius 3 is 3.18 bits per heavy atom. The van der Waals surface area contributed by atoms with E-state index >= 15 is 0 Å². The molecule has 1 unspecified atom stereocenters. The molecule has 1 N–H and O–H groups in total. The van der Waals surface area contributed by atoms with E-state index in [-0.39, 0.29) is 0 Å². The molecule has 1 saturated heterocycles. The van der Waals surface area contributed by atoms with Gasteiger partial charge in [-0.05, 0) is 43.3 Å². The molecule has 6 heteroatoms. The van der Waals surface area contributed by atoms with Gasteiger partial charge in [0.25, 0.3) is 0 Å². The summed E-state index contributed by atoms with van der Waals surface area (Å²) < 4.78 is 5.09. The molecule has 1 atom stereocenters. The summed E-state index contributed by atoms with van der Waals surface area (Å²) in [6.45, 7) is 6.17. The second-order valence-electron chi connectivity index (χ2n) is 5.98. The second-order valence-corrected chi connectivity index (χ2v) is 6.98. The van der Waals surface area contributed by atoms with Crippen molar-refractivity contribution in [2.75, 3.05) is 26.8 Å². The summed E-state index contributed by atoms with van der Waals surface area (Å²) in [5, 5.41) is 9.66. The molecule has 2 aromatic heterocycles. The van der Waals surface area contributed by atoms with Crippen LogP contribution in [0.15, 0.2) is 11.4 Å². The Kier molecular flexibility index (Phi) is 5.23. The lowest BCUT2D eigenvalue weighted by Crippen LogP contribution is -2.34. The number of hydrogen-bond donors (Lipinski definition) is 1. The third-order valence-corrected chi connectivity index (χ3v) is 5.31. The number of aryl methyl sites for hydroxylation is 1. The van der Waals surface area contributed by atoms with Crippen LogP contribution in [0.25, 0.3) is 0 Å². The zero-order chi connectivity index (χ0) is 15.4. The zero-order valence-corrected chi connectivity index (χ0v) is 14.2. The van der Waals surface area contributed by atoms with Crippen LogP contribution in [0.1, 0.15) is 40.8 Å². The third-order valence-electron chi connectivity index (χ3n) is 4.30. The number of ether oxygens (including phenoxy) is 1. The lowest BCUT2D eigenvalue weighted by atomic mass is 9.97. The van der Waals surface area contributed by atoms with E-state index in [9.17, 15) is 0 Å². The van der Waals surface area contributed by atoms with Crippen LogP contribution in [-0.4, -0.2) is 46.9 Å². The van der Waals surface area contributed by atoms with Gasteiger partial charge in [-0.15, -0.1) is 11.3 Å². The molecular formula is C16H24N4OS. The molecule has 5 nitrogen and oxygen atoms in total. The van der Waals surface area contributed by atoms with Crippen LogP contribution in [0, 0.1) is 6.92 Å². The SMILES string of the molecule is COCCc1nc(C2CCCN(Cc3sccc3C)C2)n[nH]1. The molecule has 22 heavy (non-hydrogen) atoms. The van der Waals surface area contributed by atoms with Gasteiger partial charge < -0.3 is 4.74 Å². The molecule has 1 fully saturated rings. The molecule has 0 saturated carbocycles. The standard InChI is InChI=1S/C16H24N4OS/c1-12-6-9-22-14(12)11-20-7-3-4-13(10-20)16-17-15(18-19-16)5-8-21-2/h6,9,13H,3-5,7-8,10-11H2,1-2H3,(H,17,18,19). The highest BCUT2D eigenvalue weighted by Crippen LogP contribution is 2.27. The smallest absolute Gasteiger partial charge is 0.155 e. The van der Waals surface area contributed by atoms with Gasteiger partial charge in [0.2, 0.25) is 0 Å². The molecule has 3 heterocycles. The maximum atomic E-state index is 5.09. The van der Waals surface area contributed by atoms with Gasteiger partial charge in [-0.1, -0.05) is 0 Å². The molecule has 0 radical (unpaired) electrons. The molecule has 0 aromatic carbocycles. The fraction of sp³-hybridized carbons (Fsp3) is 0.625. The van der Waals surface area contributed by atoms with E-state index < -0.39 is 0 Å². The Morgan fingerprint density at radius 1 is 1.50 bits per heavy atom. The summed E-state index contributed by atoms with van der Waals surface area (Å²) in [5.41, 5.74) is 1.41. The third kappa shape index (κ3) is 3.74. The number of nitrogens with one attached hydrogen (secondary N) is 1. The number of nitrogens with zero attached hydrogens (tertiary/aromatic N) is 3. The Hall–Kier alpha value is -1.24. The maximum absolute atomic E-state index is 5.09. The van der Waals surface area contributed by atoms with E-state index in [1.807, 2.05) is 11.3 Å². The number of thiophene rings is 1. The van der Waals surface area contributed by atoms with Crippen LogP contribution in [0.4, 0.5) is 0 Å². The minimum absolute atomic E-state index is 0.446. The lowest BCUT2D eigenvalue weighted by molar-refractivity contribution is 0.197. The van der Waals surface area contributed by atoms with E-state index in [0.717, 1.165) is 31.2 Å². The Labute approximate surface area is 135 Å². The van der Waals surface area contributed by atoms with Gasteiger partial charge in [-0.2, -0.15) is 5.10 Å². The molecule has 0 spiro atoms. The van der Waals surface area contributed by atoms with Crippen LogP contribution in [0.2, 0.25) is 0 Å². The average Bonchev–Trinajstić information content (AvgIpc) is 3.15. The van der Waals surface area contributed by atoms with Crippen molar-refractivity contribution in [2.45, 2.75) is 38.6 Å². The largest absolute Gasteiger partial charge is 0.384 e. The van der Waals surface area contributed by atoms with Crippen molar-refractivity contribution in [3.05, 3.63) is 33.5 Å². The average molecular weight is 320 g/mol. The van der Waals surface area contributed by atoms with Gasteiger partial charge in [-0.25, -0.2) is 4.98 Å². The Balaban J connectivity index is 1.60. The number of H-pyrrole nitrogens is 1. The number of likely N-dealkylation sites (tertiary alicyclic amines) is 1. The van der Waals surface area contributed by atoms with Gasteiger partial charge >= 0.3 is 0 Å². The first kappa shape index (κ1) is 15.6. The number of rotatable bonds is 6. The number of aromatic amines is 1. The molecule has 0 bridgehead atoms. The van der Waals surface area contributed by atoms with Crippen molar-refractivity contribution in [3.63, 3.8) is 0 Å². The fourth-order valence-electron chi connectivity index (χ4n) is 2.98. The lowest BCUT2D eigenvalue weighted by Gasteiger charge is -2.31. The summed E-state index contributed by atoms with van der Waals surface area (Å²) in [7, 11) is 1.71. The van der Waals surface area contributed by atoms with Crippen molar-refractivity contribution in [3.8, 4) is 0 Å². The topological polar surface area (TPSA) is 54.0 Å². The van der Waals surface area contributed by atoms with Gasteiger partial charge in [0.15, 0.2) is 5.82 Å². The first-order valence-electron chi connectivity index (χ1n) is 7.91. The van der Waals surface area contributed by atoms with Gasteiger partial charge in [0.05, 0.1) is 6.61 Å². The minimum atomic E-state index is 0.446. The van der Waals surface area contributed by atoms with Crippen LogP contribution in [0.5, 0.6) is 0 Å². The predicted molar refractivity (Wildman–Crippen MR) is 88.3 cm³/mol. The number of piperidine rings is 1. The van der Waals surface area contributed by atoms with Crippen LogP contribution < -0.4 is 0 Å². The van der Waals surface area contributed by atoms with Crippen molar-refractivity contribution in [2.24, 2.45) is 0 Å². The molecule has 2 aromatic rings. The van der Waals surface area contributed by atoms with Gasteiger partial charge in [0.1, 0.15) is 5.82 Å². The second kappa shape index (κ2) is 7.35. The highest BCUT2D eigenvalue weighted by atomic mass is 32.1. The Morgan fingerprint density at radius 2 is 2.41 bits per heavy atom. The zero-order valence-electron chi connectivity index (χ0n) is 13.3. The van der Waals surface area contributed by atoms with E-state index in [2.05, 4.69) is 38.5 Å². The molecule has 0 aliphatic carbocycles.